The van der Waals surface area contributed by atoms with Crippen LogP contribution in [0, 0.1) is 5.41 Å². The SMILES string of the molecule is CC(O)C(=N)Oc1ccccc1. The summed E-state index contributed by atoms with van der Waals surface area (Å²) in [4.78, 5) is 0. The number of hydrogen-bond acceptors (Lipinski definition) is 3. The van der Waals surface area contributed by atoms with Crippen molar-refractivity contribution < 1.29 is 9.84 Å². The molecule has 0 aromatic heterocycles. The van der Waals surface area contributed by atoms with Crippen molar-refractivity contribution in [3.63, 3.8) is 0 Å². The van der Waals surface area contributed by atoms with Gasteiger partial charge in [0.25, 0.3) is 0 Å². The monoisotopic (exact) mass is 165 g/mol. The van der Waals surface area contributed by atoms with Gasteiger partial charge in [0.05, 0.1) is 0 Å². The minimum atomic E-state index is -0.856. The third-order valence-electron chi connectivity index (χ3n) is 1.35. The molecule has 0 saturated carbocycles. The summed E-state index contributed by atoms with van der Waals surface area (Å²) in [5, 5.41) is 16.1. The molecule has 1 unspecified atom stereocenters. The largest absolute Gasteiger partial charge is 0.441 e. The number of ether oxygens (including phenoxy) is 1. The van der Waals surface area contributed by atoms with Gasteiger partial charge in [-0.3, -0.25) is 5.41 Å². The Morgan fingerprint density at radius 1 is 1.42 bits per heavy atom. The second-order valence-electron chi connectivity index (χ2n) is 2.46. The van der Waals surface area contributed by atoms with Crippen LogP contribution in [0.4, 0.5) is 0 Å². The average molecular weight is 165 g/mol. The second kappa shape index (κ2) is 3.88. The maximum absolute atomic E-state index is 8.93. The molecule has 1 atom stereocenters. The van der Waals surface area contributed by atoms with E-state index < -0.39 is 6.10 Å². The summed E-state index contributed by atoms with van der Waals surface area (Å²) in [6, 6.07) is 8.95. The summed E-state index contributed by atoms with van der Waals surface area (Å²) >= 11 is 0. The van der Waals surface area contributed by atoms with E-state index >= 15 is 0 Å². The highest BCUT2D eigenvalue weighted by atomic mass is 16.5. The maximum atomic E-state index is 8.93. The summed E-state index contributed by atoms with van der Waals surface area (Å²) in [5.41, 5.74) is 0. The Kier molecular flexibility index (Phi) is 2.82. The van der Waals surface area contributed by atoms with Crippen molar-refractivity contribution in [2.75, 3.05) is 0 Å². The molecule has 1 aromatic rings. The fraction of sp³-hybridized carbons (Fsp3) is 0.222. The number of benzene rings is 1. The van der Waals surface area contributed by atoms with Gasteiger partial charge in [-0.15, -0.1) is 0 Å². The lowest BCUT2D eigenvalue weighted by Crippen LogP contribution is -2.21. The van der Waals surface area contributed by atoms with Gasteiger partial charge in [0.15, 0.2) is 0 Å². The molecule has 0 spiro atoms. The highest BCUT2D eigenvalue weighted by Crippen LogP contribution is 2.08. The molecule has 0 aliphatic carbocycles. The van der Waals surface area contributed by atoms with Gasteiger partial charge >= 0.3 is 0 Å². The number of para-hydroxylation sites is 1. The maximum Gasteiger partial charge on any atom is 0.215 e. The van der Waals surface area contributed by atoms with Crippen LogP contribution in [0.5, 0.6) is 5.75 Å². The van der Waals surface area contributed by atoms with E-state index in [-0.39, 0.29) is 5.90 Å². The number of hydrogen-bond donors (Lipinski definition) is 2. The molecule has 1 rings (SSSR count). The topological polar surface area (TPSA) is 53.3 Å². The van der Waals surface area contributed by atoms with Gasteiger partial charge in [-0.2, -0.15) is 0 Å². The lowest BCUT2D eigenvalue weighted by molar-refractivity contribution is 0.237. The predicted molar refractivity (Wildman–Crippen MR) is 46.5 cm³/mol. The van der Waals surface area contributed by atoms with Crippen LogP contribution in [-0.4, -0.2) is 17.1 Å². The predicted octanol–water partition coefficient (Wildman–Crippen LogP) is 1.42. The third kappa shape index (κ3) is 2.36. The zero-order valence-electron chi connectivity index (χ0n) is 6.82. The van der Waals surface area contributed by atoms with E-state index in [1.165, 1.54) is 6.92 Å². The Balaban J connectivity index is 2.59. The summed E-state index contributed by atoms with van der Waals surface area (Å²) in [6.45, 7) is 1.49. The first kappa shape index (κ1) is 8.74. The molecule has 0 saturated heterocycles. The Bertz CT molecular complexity index is 256. The Morgan fingerprint density at radius 3 is 2.50 bits per heavy atom. The lowest BCUT2D eigenvalue weighted by Gasteiger charge is -2.07. The van der Waals surface area contributed by atoms with Crippen LogP contribution in [0.1, 0.15) is 6.92 Å². The molecule has 0 aliphatic rings. The zero-order chi connectivity index (χ0) is 8.97. The van der Waals surface area contributed by atoms with E-state index in [2.05, 4.69) is 0 Å². The van der Waals surface area contributed by atoms with Crippen LogP contribution in [0.3, 0.4) is 0 Å². The zero-order valence-corrected chi connectivity index (χ0v) is 6.82. The average Bonchev–Trinajstić information content (AvgIpc) is 2.06. The molecule has 3 nitrogen and oxygen atoms in total. The van der Waals surface area contributed by atoms with Crippen LogP contribution in [0.25, 0.3) is 0 Å². The van der Waals surface area contributed by atoms with Gasteiger partial charge < -0.3 is 9.84 Å². The number of nitrogens with one attached hydrogen (secondary N) is 1. The van der Waals surface area contributed by atoms with Crippen LogP contribution >= 0.6 is 0 Å². The summed E-state index contributed by atoms with van der Waals surface area (Å²) in [7, 11) is 0. The Hall–Kier alpha value is -1.35. The summed E-state index contributed by atoms with van der Waals surface area (Å²) in [6.07, 6.45) is -0.856. The first-order chi connectivity index (χ1) is 5.70. The molecule has 2 N–H and O–H groups in total. The Labute approximate surface area is 71.1 Å². The number of aliphatic hydroxyl groups is 1. The van der Waals surface area contributed by atoms with Crippen molar-refractivity contribution in [1.29, 1.82) is 5.41 Å². The van der Waals surface area contributed by atoms with E-state index in [0.29, 0.717) is 5.75 Å². The normalized spacial score (nSPS) is 12.2. The van der Waals surface area contributed by atoms with E-state index in [0.717, 1.165) is 0 Å². The van der Waals surface area contributed by atoms with Crippen LogP contribution in [0.2, 0.25) is 0 Å². The smallest absolute Gasteiger partial charge is 0.215 e. The van der Waals surface area contributed by atoms with Gasteiger partial charge in [0.1, 0.15) is 11.9 Å². The van der Waals surface area contributed by atoms with Gasteiger partial charge in [0, 0.05) is 0 Å². The summed E-state index contributed by atoms with van der Waals surface area (Å²) in [5.74, 6) is 0.435. The molecule has 0 fully saturated rings. The molecule has 0 bridgehead atoms. The first-order valence-electron chi connectivity index (χ1n) is 3.69. The molecule has 1 aromatic carbocycles. The molecule has 3 heteroatoms. The van der Waals surface area contributed by atoms with E-state index in [1.807, 2.05) is 18.2 Å². The standard InChI is InChI=1S/C9H11NO2/c1-7(11)9(10)12-8-5-3-2-4-6-8/h2-7,10-11H,1H3. The minimum absolute atomic E-state index is 0.138. The molecule has 0 aliphatic heterocycles. The number of aliphatic hydroxyl groups excluding tert-OH is 1. The van der Waals surface area contributed by atoms with Gasteiger partial charge in [-0.05, 0) is 19.1 Å². The van der Waals surface area contributed by atoms with E-state index in [1.54, 1.807) is 12.1 Å². The molecular weight excluding hydrogens is 154 g/mol. The van der Waals surface area contributed by atoms with Crippen molar-refractivity contribution in [3.05, 3.63) is 30.3 Å². The third-order valence-corrected chi connectivity index (χ3v) is 1.35. The van der Waals surface area contributed by atoms with Gasteiger partial charge in [0.2, 0.25) is 5.90 Å². The van der Waals surface area contributed by atoms with Crippen molar-refractivity contribution in [2.24, 2.45) is 0 Å². The molecule has 0 radical (unpaired) electrons. The van der Waals surface area contributed by atoms with Crippen molar-refractivity contribution in [3.8, 4) is 5.75 Å². The van der Waals surface area contributed by atoms with Gasteiger partial charge in [-0.1, -0.05) is 18.2 Å². The Morgan fingerprint density at radius 2 is 2.00 bits per heavy atom. The van der Waals surface area contributed by atoms with Crippen molar-refractivity contribution >= 4 is 5.90 Å². The highest BCUT2D eigenvalue weighted by molar-refractivity contribution is 5.79. The van der Waals surface area contributed by atoms with Crippen LogP contribution < -0.4 is 4.74 Å². The van der Waals surface area contributed by atoms with Gasteiger partial charge in [-0.25, -0.2) is 0 Å². The van der Waals surface area contributed by atoms with Crippen LogP contribution in [-0.2, 0) is 0 Å². The minimum Gasteiger partial charge on any atom is -0.441 e. The quantitative estimate of drug-likeness (QED) is 0.514. The summed E-state index contributed by atoms with van der Waals surface area (Å²) < 4.78 is 5.01. The van der Waals surface area contributed by atoms with Crippen LogP contribution in [0.15, 0.2) is 30.3 Å². The molecular formula is C9H11NO2. The second-order valence-corrected chi connectivity index (χ2v) is 2.46. The fourth-order valence-electron chi connectivity index (χ4n) is 0.701. The molecule has 64 valence electrons. The molecule has 0 heterocycles. The molecule has 12 heavy (non-hydrogen) atoms. The van der Waals surface area contributed by atoms with Crippen molar-refractivity contribution in [2.45, 2.75) is 13.0 Å². The highest BCUT2D eigenvalue weighted by Gasteiger charge is 2.05. The van der Waals surface area contributed by atoms with Crippen molar-refractivity contribution in [1.82, 2.24) is 0 Å². The first-order valence-corrected chi connectivity index (χ1v) is 3.69. The fourth-order valence-corrected chi connectivity index (χ4v) is 0.701. The van der Waals surface area contributed by atoms with E-state index in [9.17, 15) is 0 Å². The molecule has 0 amide bonds. The van der Waals surface area contributed by atoms with E-state index in [4.69, 9.17) is 15.3 Å². The number of rotatable bonds is 2. The lowest BCUT2D eigenvalue weighted by atomic mass is 10.3.